The molecule has 0 unspecified atom stereocenters. The molecule has 0 radical (unpaired) electrons. The van der Waals surface area contributed by atoms with Gasteiger partial charge in [-0.25, -0.2) is 4.98 Å². The molecule has 0 N–H and O–H groups in total. The molecule has 3 heteroatoms. The van der Waals surface area contributed by atoms with Crippen molar-refractivity contribution in [3.05, 3.63) is 39.2 Å². The molecule has 1 aromatic heterocycles. The summed E-state index contributed by atoms with van der Waals surface area (Å²) in [5.74, 6) is 0. The van der Waals surface area contributed by atoms with E-state index < -0.39 is 0 Å². The van der Waals surface area contributed by atoms with Crippen LogP contribution in [0.25, 0.3) is 11.3 Å². The Hall–Kier alpha value is -1.66. The Balaban J connectivity index is 2.46. The summed E-state index contributed by atoms with van der Waals surface area (Å²) in [7, 11) is 0. The van der Waals surface area contributed by atoms with Crippen molar-refractivity contribution in [1.29, 1.82) is 5.26 Å². The van der Waals surface area contributed by atoms with E-state index in [1.54, 1.807) is 11.3 Å². The molecular formula is C14H14N2S. The molecule has 0 aliphatic heterocycles. The smallest absolute Gasteiger partial charge is 0.107 e. The summed E-state index contributed by atoms with van der Waals surface area (Å²) in [6.45, 7) is 6.38. The molecule has 0 aliphatic rings. The lowest BCUT2D eigenvalue weighted by molar-refractivity contribution is 1.18. The van der Waals surface area contributed by atoms with Crippen molar-refractivity contribution in [2.75, 3.05) is 0 Å². The maximum absolute atomic E-state index is 8.65. The highest BCUT2D eigenvalue weighted by Gasteiger charge is 2.09. The maximum Gasteiger partial charge on any atom is 0.107 e. The quantitative estimate of drug-likeness (QED) is 0.803. The minimum atomic E-state index is 0.397. The fourth-order valence-electron chi connectivity index (χ4n) is 1.82. The van der Waals surface area contributed by atoms with Gasteiger partial charge in [0, 0.05) is 10.9 Å². The Bertz CT molecular complexity index is 591. The van der Waals surface area contributed by atoms with Crippen molar-refractivity contribution in [1.82, 2.24) is 4.98 Å². The molecule has 0 amide bonds. The van der Waals surface area contributed by atoms with Crippen molar-refractivity contribution >= 4 is 11.3 Å². The number of nitrogens with zero attached hydrogens (tertiary/aromatic N) is 2. The molecule has 2 aromatic rings. The molecule has 0 atom stereocenters. The van der Waals surface area contributed by atoms with Gasteiger partial charge in [-0.2, -0.15) is 5.26 Å². The minimum absolute atomic E-state index is 0.397. The second kappa shape index (κ2) is 4.68. The third-order valence-electron chi connectivity index (χ3n) is 3.12. The number of rotatable bonds is 2. The van der Waals surface area contributed by atoms with Crippen LogP contribution in [0.4, 0.5) is 0 Å². The lowest BCUT2D eigenvalue weighted by atomic mass is 9.97. The normalized spacial score (nSPS) is 10.2. The molecular weight excluding hydrogens is 228 g/mol. The van der Waals surface area contributed by atoms with Crippen LogP contribution in [0.3, 0.4) is 0 Å². The van der Waals surface area contributed by atoms with Crippen LogP contribution in [-0.2, 0) is 6.42 Å². The first-order valence-corrected chi connectivity index (χ1v) is 6.40. The van der Waals surface area contributed by atoms with Gasteiger partial charge in [-0.15, -0.1) is 11.3 Å². The van der Waals surface area contributed by atoms with Gasteiger partial charge >= 0.3 is 0 Å². The lowest BCUT2D eigenvalue weighted by Crippen LogP contribution is -1.91. The second-order valence-corrected chi connectivity index (χ2v) is 5.08. The predicted molar refractivity (Wildman–Crippen MR) is 71.1 cm³/mol. The maximum atomic E-state index is 8.65. The van der Waals surface area contributed by atoms with Crippen LogP contribution in [-0.4, -0.2) is 4.98 Å². The molecule has 0 saturated carbocycles. The molecule has 0 saturated heterocycles. The van der Waals surface area contributed by atoms with Gasteiger partial charge in [0.1, 0.15) is 5.01 Å². The average Bonchev–Trinajstić information content (AvgIpc) is 2.75. The first-order chi connectivity index (χ1) is 8.13. The minimum Gasteiger partial charge on any atom is -0.240 e. The zero-order chi connectivity index (χ0) is 12.4. The van der Waals surface area contributed by atoms with Gasteiger partial charge in [0.25, 0.3) is 0 Å². The van der Waals surface area contributed by atoms with Crippen molar-refractivity contribution in [2.45, 2.75) is 27.2 Å². The van der Waals surface area contributed by atoms with Gasteiger partial charge in [0.15, 0.2) is 0 Å². The number of hydrogen-bond donors (Lipinski definition) is 0. The van der Waals surface area contributed by atoms with E-state index in [1.807, 2.05) is 5.38 Å². The van der Waals surface area contributed by atoms with E-state index in [0.29, 0.717) is 6.42 Å². The summed E-state index contributed by atoms with van der Waals surface area (Å²) in [6.07, 6.45) is 0.397. The SMILES string of the molecule is Cc1ccc(-c2csc(CC#N)n2)c(C)c1C. The summed E-state index contributed by atoms with van der Waals surface area (Å²) in [4.78, 5) is 4.50. The van der Waals surface area contributed by atoms with Crippen LogP contribution in [0.5, 0.6) is 0 Å². The molecule has 2 rings (SSSR count). The van der Waals surface area contributed by atoms with E-state index in [2.05, 4.69) is 44.0 Å². The highest BCUT2D eigenvalue weighted by atomic mass is 32.1. The molecule has 0 aliphatic carbocycles. The van der Waals surface area contributed by atoms with E-state index in [9.17, 15) is 0 Å². The molecule has 0 fully saturated rings. The topological polar surface area (TPSA) is 36.7 Å². The van der Waals surface area contributed by atoms with Gasteiger partial charge in [-0.3, -0.25) is 0 Å². The third kappa shape index (κ3) is 2.22. The van der Waals surface area contributed by atoms with Crippen molar-refractivity contribution in [2.24, 2.45) is 0 Å². The molecule has 2 nitrogen and oxygen atoms in total. The number of thiazole rings is 1. The van der Waals surface area contributed by atoms with E-state index in [-0.39, 0.29) is 0 Å². The fraction of sp³-hybridized carbons (Fsp3) is 0.286. The van der Waals surface area contributed by atoms with E-state index in [1.165, 1.54) is 22.3 Å². The summed E-state index contributed by atoms with van der Waals surface area (Å²) < 4.78 is 0. The van der Waals surface area contributed by atoms with Crippen LogP contribution in [0.1, 0.15) is 21.7 Å². The average molecular weight is 242 g/mol. The lowest BCUT2D eigenvalue weighted by Gasteiger charge is -2.09. The van der Waals surface area contributed by atoms with Crippen LogP contribution >= 0.6 is 11.3 Å². The molecule has 1 heterocycles. The molecule has 1 aromatic carbocycles. The number of aromatic nitrogens is 1. The Labute approximate surface area is 106 Å². The standard InChI is InChI=1S/C14H14N2S/c1-9-4-5-12(11(3)10(9)2)13-8-17-14(16-13)6-7-15/h4-5,8H,6H2,1-3H3. The van der Waals surface area contributed by atoms with Crippen LogP contribution in [0, 0.1) is 32.1 Å². The van der Waals surface area contributed by atoms with E-state index >= 15 is 0 Å². The van der Waals surface area contributed by atoms with Gasteiger partial charge in [0.2, 0.25) is 0 Å². The first-order valence-electron chi connectivity index (χ1n) is 5.52. The number of hydrogen-bond acceptors (Lipinski definition) is 3. The summed E-state index contributed by atoms with van der Waals surface area (Å²) >= 11 is 1.55. The first kappa shape index (κ1) is 11.8. The Morgan fingerprint density at radius 2 is 2.00 bits per heavy atom. The van der Waals surface area contributed by atoms with Gasteiger partial charge < -0.3 is 0 Å². The largest absolute Gasteiger partial charge is 0.240 e. The third-order valence-corrected chi connectivity index (χ3v) is 3.96. The Morgan fingerprint density at radius 1 is 1.24 bits per heavy atom. The highest BCUT2D eigenvalue weighted by molar-refractivity contribution is 7.10. The zero-order valence-electron chi connectivity index (χ0n) is 10.2. The Kier molecular flexibility index (Phi) is 3.26. The monoisotopic (exact) mass is 242 g/mol. The zero-order valence-corrected chi connectivity index (χ0v) is 11.1. The van der Waals surface area contributed by atoms with Crippen molar-refractivity contribution in [3.63, 3.8) is 0 Å². The van der Waals surface area contributed by atoms with Crippen molar-refractivity contribution in [3.8, 4) is 17.3 Å². The van der Waals surface area contributed by atoms with E-state index in [0.717, 1.165) is 10.7 Å². The molecule has 86 valence electrons. The van der Waals surface area contributed by atoms with E-state index in [4.69, 9.17) is 5.26 Å². The van der Waals surface area contributed by atoms with Crippen LogP contribution < -0.4 is 0 Å². The molecule has 0 spiro atoms. The molecule has 0 bridgehead atoms. The molecule has 17 heavy (non-hydrogen) atoms. The summed E-state index contributed by atoms with van der Waals surface area (Å²) in [5, 5.41) is 11.6. The van der Waals surface area contributed by atoms with Gasteiger partial charge in [-0.1, -0.05) is 12.1 Å². The number of benzene rings is 1. The number of aryl methyl sites for hydroxylation is 1. The fourth-order valence-corrected chi connectivity index (χ4v) is 2.54. The van der Waals surface area contributed by atoms with Gasteiger partial charge in [-0.05, 0) is 37.5 Å². The van der Waals surface area contributed by atoms with Gasteiger partial charge in [0.05, 0.1) is 18.2 Å². The van der Waals surface area contributed by atoms with Crippen molar-refractivity contribution < 1.29 is 0 Å². The predicted octanol–water partition coefficient (Wildman–Crippen LogP) is 3.80. The van der Waals surface area contributed by atoms with Crippen LogP contribution in [0.2, 0.25) is 0 Å². The second-order valence-electron chi connectivity index (χ2n) is 4.14. The summed E-state index contributed by atoms with van der Waals surface area (Å²) in [5.41, 5.74) is 6.06. The highest BCUT2D eigenvalue weighted by Crippen LogP contribution is 2.28. The Morgan fingerprint density at radius 3 is 2.71 bits per heavy atom. The number of nitriles is 1. The van der Waals surface area contributed by atoms with Crippen LogP contribution in [0.15, 0.2) is 17.5 Å². The summed E-state index contributed by atoms with van der Waals surface area (Å²) in [6, 6.07) is 6.37.